The number of carbonyl (C=O) groups excluding carboxylic acids is 2. The van der Waals surface area contributed by atoms with Crippen LogP contribution >= 0.6 is 0 Å². The Bertz CT molecular complexity index is 816. The van der Waals surface area contributed by atoms with Gasteiger partial charge >= 0.3 is 12.1 Å². The number of carbonyl (C=O) groups is 3. The number of nitrogens with one attached hydrogen (secondary N) is 1. The van der Waals surface area contributed by atoms with E-state index in [1.54, 1.807) is 29.4 Å². The number of pyridine rings is 1. The van der Waals surface area contributed by atoms with Crippen LogP contribution in [-0.4, -0.2) is 63.4 Å². The second-order valence-corrected chi connectivity index (χ2v) is 6.76. The molecular formula is C18H21F3N4O5. The molecule has 0 radical (unpaired) electrons. The molecule has 1 fully saturated rings. The summed E-state index contributed by atoms with van der Waals surface area (Å²) in [5, 5.41) is 13.9. The summed E-state index contributed by atoms with van der Waals surface area (Å²) in [7, 11) is 0. The minimum atomic E-state index is -5.08. The Morgan fingerprint density at radius 2 is 2.07 bits per heavy atom. The van der Waals surface area contributed by atoms with Crippen molar-refractivity contribution in [3.8, 4) is 0 Å². The van der Waals surface area contributed by atoms with E-state index in [2.05, 4.69) is 15.5 Å². The summed E-state index contributed by atoms with van der Waals surface area (Å²) in [5.41, 5.74) is 0.428. The zero-order valence-corrected chi connectivity index (χ0v) is 16.1. The second kappa shape index (κ2) is 9.55. The van der Waals surface area contributed by atoms with E-state index in [1.165, 1.54) is 0 Å². The number of anilines is 1. The Labute approximate surface area is 169 Å². The van der Waals surface area contributed by atoms with Crippen LogP contribution < -0.4 is 5.32 Å². The Hall–Kier alpha value is -3.18. The van der Waals surface area contributed by atoms with Crippen LogP contribution in [0.4, 0.5) is 18.9 Å². The molecular weight excluding hydrogens is 409 g/mol. The maximum absolute atomic E-state index is 12.3. The number of carboxylic acid groups (broad SMARTS) is 1. The number of nitrogens with zero attached hydrogens (tertiary/aromatic N) is 3. The van der Waals surface area contributed by atoms with Crippen LogP contribution in [0.15, 0.2) is 29.7 Å². The zero-order valence-electron chi connectivity index (χ0n) is 16.1. The van der Waals surface area contributed by atoms with Gasteiger partial charge in [-0.05, 0) is 25.0 Å². The summed E-state index contributed by atoms with van der Waals surface area (Å²) in [4.78, 5) is 44.4. The summed E-state index contributed by atoms with van der Waals surface area (Å²) in [6.45, 7) is 3.09. The van der Waals surface area contributed by atoms with Gasteiger partial charge in [0.2, 0.25) is 5.91 Å². The van der Waals surface area contributed by atoms with Gasteiger partial charge in [-0.25, -0.2) is 4.79 Å². The lowest BCUT2D eigenvalue weighted by molar-refractivity contribution is -0.192. The van der Waals surface area contributed by atoms with E-state index < -0.39 is 17.7 Å². The molecule has 1 aromatic heterocycles. The fourth-order valence-electron chi connectivity index (χ4n) is 3.04. The molecule has 3 rings (SSSR count). The molecule has 0 bridgehead atoms. The van der Waals surface area contributed by atoms with E-state index in [-0.39, 0.29) is 11.8 Å². The molecule has 2 amide bonds. The molecule has 1 atom stereocenters. The number of hydrogen-bond acceptors (Lipinski definition) is 6. The van der Waals surface area contributed by atoms with E-state index in [0.717, 1.165) is 19.4 Å². The van der Waals surface area contributed by atoms with Crippen LogP contribution in [0, 0.1) is 0 Å². The van der Waals surface area contributed by atoms with Gasteiger partial charge in [-0.3, -0.25) is 14.6 Å². The van der Waals surface area contributed by atoms with Crippen molar-refractivity contribution >= 4 is 29.2 Å². The van der Waals surface area contributed by atoms with E-state index in [1.807, 2.05) is 6.92 Å². The molecule has 1 unspecified atom stereocenters. The Morgan fingerprint density at radius 3 is 2.63 bits per heavy atom. The summed E-state index contributed by atoms with van der Waals surface area (Å²) in [6, 6.07) is 3.51. The van der Waals surface area contributed by atoms with E-state index in [0.29, 0.717) is 30.8 Å². The average molecular weight is 430 g/mol. The summed E-state index contributed by atoms with van der Waals surface area (Å²) >= 11 is 0. The van der Waals surface area contributed by atoms with Crippen molar-refractivity contribution in [2.24, 2.45) is 5.16 Å². The third-order valence-corrected chi connectivity index (χ3v) is 4.46. The molecule has 164 valence electrons. The topological polar surface area (TPSA) is 121 Å². The first-order valence-corrected chi connectivity index (χ1v) is 9.10. The molecule has 0 saturated carbocycles. The fourth-order valence-corrected chi connectivity index (χ4v) is 3.04. The predicted octanol–water partition coefficient (Wildman–Crippen LogP) is 2.20. The Balaban J connectivity index is 0.000000396. The minimum Gasteiger partial charge on any atom is -0.475 e. The molecule has 9 nitrogen and oxygen atoms in total. The first kappa shape index (κ1) is 23.1. The highest BCUT2D eigenvalue weighted by Gasteiger charge is 2.45. The van der Waals surface area contributed by atoms with Crippen LogP contribution in [0.2, 0.25) is 0 Å². The van der Waals surface area contributed by atoms with E-state index >= 15 is 0 Å². The monoisotopic (exact) mass is 430 g/mol. The van der Waals surface area contributed by atoms with Gasteiger partial charge in [-0.2, -0.15) is 13.2 Å². The molecule has 2 N–H and O–H groups in total. The van der Waals surface area contributed by atoms with Crippen molar-refractivity contribution in [2.45, 2.75) is 44.4 Å². The highest BCUT2D eigenvalue weighted by atomic mass is 19.4. The molecule has 1 aromatic rings. The number of aliphatic carboxylic acids is 1. The normalized spacial score (nSPS) is 20.5. The molecule has 3 heterocycles. The molecule has 12 heteroatoms. The summed E-state index contributed by atoms with van der Waals surface area (Å²) < 4.78 is 31.7. The molecule has 30 heavy (non-hydrogen) atoms. The number of alkyl halides is 3. The third-order valence-electron chi connectivity index (χ3n) is 4.46. The fraction of sp³-hybridized carbons (Fsp3) is 0.500. The number of carboxylic acids is 1. The first-order valence-electron chi connectivity index (χ1n) is 9.10. The van der Waals surface area contributed by atoms with E-state index in [4.69, 9.17) is 14.7 Å². The molecule has 1 saturated heterocycles. The quantitative estimate of drug-likeness (QED) is 0.758. The van der Waals surface area contributed by atoms with Crippen LogP contribution in [-0.2, 0) is 19.2 Å². The number of hydrogen-bond donors (Lipinski definition) is 2. The highest BCUT2D eigenvalue weighted by molar-refractivity contribution is 6.43. The van der Waals surface area contributed by atoms with Crippen molar-refractivity contribution in [3.05, 3.63) is 24.5 Å². The summed E-state index contributed by atoms with van der Waals surface area (Å²) in [5.74, 6) is -2.93. The molecule has 2 aliphatic heterocycles. The number of halogens is 3. The Kier molecular flexibility index (Phi) is 7.35. The van der Waals surface area contributed by atoms with Gasteiger partial charge in [0.1, 0.15) is 5.71 Å². The maximum atomic E-state index is 12.3. The number of oxime groups is 1. The van der Waals surface area contributed by atoms with Crippen LogP contribution in [0.1, 0.15) is 32.6 Å². The third kappa shape index (κ3) is 6.16. The second-order valence-electron chi connectivity index (χ2n) is 6.76. The van der Waals surface area contributed by atoms with Gasteiger partial charge in [0, 0.05) is 25.6 Å². The van der Waals surface area contributed by atoms with Gasteiger partial charge in [0.05, 0.1) is 18.4 Å². The number of aromatic nitrogens is 1. The van der Waals surface area contributed by atoms with Crippen LogP contribution in [0.3, 0.4) is 0 Å². The lowest BCUT2D eigenvalue weighted by Crippen LogP contribution is -2.50. The van der Waals surface area contributed by atoms with Crippen molar-refractivity contribution < 1.29 is 37.5 Å². The standard InChI is InChI=1S/C16H20N4O3.C2HF3O2/c1-2-14(21)20-8-4-6-16(11-20)9-13(19-23-16)15(22)18-12-5-3-7-17-10-12;3-2(4,5)1(6)7/h3,5,7,10H,2,4,6,8-9,11H2,1H3,(H,18,22);(H,6,7). The SMILES string of the molecule is CCC(=O)N1CCCC2(CC(C(=O)Nc3cccnc3)=NO2)C1.O=C(O)C(F)(F)F. The number of likely N-dealkylation sites (tertiary alicyclic amines) is 1. The van der Waals surface area contributed by atoms with Gasteiger partial charge < -0.3 is 20.2 Å². The molecule has 1 spiro atoms. The van der Waals surface area contributed by atoms with Crippen molar-refractivity contribution in [2.75, 3.05) is 18.4 Å². The van der Waals surface area contributed by atoms with Crippen LogP contribution in [0.5, 0.6) is 0 Å². The summed E-state index contributed by atoms with van der Waals surface area (Å²) in [6.07, 6.45) is 0.693. The first-order chi connectivity index (χ1) is 14.1. The highest BCUT2D eigenvalue weighted by Crippen LogP contribution is 2.33. The molecule has 2 aliphatic rings. The lowest BCUT2D eigenvalue weighted by atomic mass is 9.88. The van der Waals surface area contributed by atoms with Gasteiger partial charge in [-0.1, -0.05) is 12.1 Å². The van der Waals surface area contributed by atoms with Crippen molar-refractivity contribution in [1.82, 2.24) is 9.88 Å². The number of amides is 2. The smallest absolute Gasteiger partial charge is 0.475 e. The van der Waals surface area contributed by atoms with Gasteiger partial charge in [0.15, 0.2) is 5.60 Å². The lowest BCUT2D eigenvalue weighted by Gasteiger charge is -2.38. The molecule has 0 aromatic carbocycles. The largest absolute Gasteiger partial charge is 0.490 e. The maximum Gasteiger partial charge on any atom is 0.490 e. The van der Waals surface area contributed by atoms with Gasteiger partial charge in [0.25, 0.3) is 5.91 Å². The average Bonchev–Trinajstić information content (AvgIpc) is 3.11. The van der Waals surface area contributed by atoms with Crippen molar-refractivity contribution in [1.29, 1.82) is 0 Å². The predicted molar refractivity (Wildman–Crippen MR) is 98.5 cm³/mol. The minimum absolute atomic E-state index is 0.112. The molecule has 0 aliphatic carbocycles. The number of rotatable bonds is 3. The van der Waals surface area contributed by atoms with E-state index in [9.17, 15) is 22.8 Å². The zero-order chi connectivity index (χ0) is 22.4. The number of piperidine rings is 1. The van der Waals surface area contributed by atoms with Crippen molar-refractivity contribution in [3.63, 3.8) is 0 Å². The Morgan fingerprint density at radius 1 is 1.37 bits per heavy atom. The van der Waals surface area contributed by atoms with Gasteiger partial charge in [-0.15, -0.1) is 0 Å². The van der Waals surface area contributed by atoms with Crippen LogP contribution in [0.25, 0.3) is 0 Å².